The van der Waals surface area contributed by atoms with Crippen LogP contribution in [0.3, 0.4) is 0 Å². The average Bonchev–Trinajstić information content (AvgIpc) is 2.43. The predicted molar refractivity (Wildman–Crippen MR) is 92.5 cm³/mol. The number of carbonyl (C=O) groups excluding carboxylic acids is 2. The zero-order chi connectivity index (χ0) is 17.2. The van der Waals surface area contributed by atoms with Crippen LogP contribution >= 0.6 is 0 Å². The van der Waals surface area contributed by atoms with Gasteiger partial charge in [0.25, 0.3) is 0 Å². The van der Waals surface area contributed by atoms with Gasteiger partial charge >= 0.3 is 11.9 Å². The van der Waals surface area contributed by atoms with Crippen LogP contribution in [-0.4, -0.2) is 26.2 Å². The van der Waals surface area contributed by atoms with Gasteiger partial charge in [0, 0.05) is 0 Å². The number of hydrogen-bond donors (Lipinski definition) is 0. The number of esters is 2. The lowest BCUT2D eigenvalue weighted by atomic mass is 9.86. The largest absolute Gasteiger partial charge is 0.469 e. The summed E-state index contributed by atoms with van der Waals surface area (Å²) in [6.45, 7) is 14.3. The zero-order valence-corrected chi connectivity index (χ0v) is 15.2. The molecule has 0 saturated heterocycles. The van der Waals surface area contributed by atoms with Gasteiger partial charge in [0.2, 0.25) is 0 Å². The van der Waals surface area contributed by atoms with Gasteiger partial charge in [-0.1, -0.05) is 55.9 Å². The Morgan fingerprint density at radius 3 is 1.50 bits per heavy atom. The Balaban J connectivity index is -0.000000315. The second-order valence-corrected chi connectivity index (χ2v) is 6.47. The van der Waals surface area contributed by atoms with Crippen LogP contribution < -0.4 is 0 Å². The molecule has 0 fully saturated rings. The van der Waals surface area contributed by atoms with Gasteiger partial charge in [-0.2, -0.15) is 0 Å². The summed E-state index contributed by atoms with van der Waals surface area (Å²) < 4.78 is 9.22. The van der Waals surface area contributed by atoms with E-state index in [0.717, 1.165) is 6.42 Å². The first-order chi connectivity index (χ1) is 9.58. The maximum atomic E-state index is 11.0. The van der Waals surface area contributed by atoms with Gasteiger partial charge in [-0.3, -0.25) is 9.59 Å². The first-order valence-electron chi connectivity index (χ1n) is 7.73. The van der Waals surface area contributed by atoms with Crippen molar-refractivity contribution in [2.75, 3.05) is 14.2 Å². The number of ether oxygens (including phenoxy) is 2. The molecule has 0 rings (SSSR count). The first-order valence-corrected chi connectivity index (χ1v) is 7.73. The smallest absolute Gasteiger partial charge is 0.308 e. The molecule has 134 valence electrons. The number of rotatable bonds is 6. The average molecular weight is 318 g/mol. The summed E-state index contributed by atoms with van der Waals surface area (Å²) in [4.78, 5) is 21.9. The van der Waals surface area contributed by atoms with Crippen molar-refractivity contribution in [3.05, 3.63) is 0 Å². The van der Waals surface area contributed by atoms with Crippen LogP contribution in [0.15, 0.2) is 0 Å². The lowest BCUT2D eigenvalue weighted by molar-refractivity contribution is -0.147. The summed E-state index contributed by atoms with van der Waals surface area (Å²) in [6.07, 6.45) is 0.909. The molecule has 22 heavy (non-hydrogen) atoms. The van der Waals surface area contributed by atoms with Crippen molar-refractivity contribution in [1.29, 1.82) is 0 Å². The van der Waals surface area contributed by atoms with Crippen LogP contribution in [0.2, 0.25) is 0 Å². The van der Waals surface area contributed by atoms with E-state index in [1.54, 1.807) is 0 Å². The van der Waals surface area contributed by atoms with Gasteiger partial charge in [-0.05, 0) is 24.2 Å². The minimum absolute atomic E-state index is 0. The third-order valence-electron chi connectivity index (χ3n) is 3.84. The lowest BCUT2D eigenvalue weighted by Gasteiger charge is -2.20. The fraction of sp³-hybridized carbons (Fsp3) is 0.889. The molecule has 0 amide bonds. The fourth-order valence-corrected chi connectivity index (χ4v) is 1.98. The molecule has 4 nitrogen and oxygen atoms in total. The van der Waals surface area contributed by atoms with E-state index in [9.17, 15) is 9.59 Å². The summed E-state index contributed by atoms with van der Waals surface area (Å²) in [6, 6.07) is 0. The Bertz CT molecular complexity index is 297. The van der Waals surface area contributed by atoms with Crippen molar-refractivity contribution in [2.24, 2.45) is 29.6 Å². The summed E-state index contributed by atoms with van der Waals surface area (Å²) in [5.74, 6) is 1.34. The molecule has 0 aliphatic rings. The predicted octanol–water partition coefficient (Wildman–Crippen LogP) is 4.57. The van der Waals surface area contributed by atoms with E-state index in [1.807, 2.05) is 13.8 Å². The summed E-state index contributed by atoms with van der Waals surface area (Å²) in [5, 5.41) is 0. The minimum Gasteiger partial charge on any atom is -0.469 e. The Hall–Kier alpha value is -1.06. The Labute approximate surface area is 138 Å². The third kappa shape index (κ3) is 11.6. The summed E-state index contributed by atoms with van der Waals surface area (Å²) >= 11 is 0. The molecule has 0 aromatic rings. The molecular weight excluding hydrogens is 280 g/mol. The van der Waals surface area contributed by atoms with Crippen LogP contribution in [0.1, 0.15) is 62.3 Å². The van der Waals surface area contributed by atoms with E-state index in [2.05, 4.69) is 44.1 Å². The normalized spacial score (nSPS) is 14.1. The molecule has 0 radical (unpaired) electrons. The molecule has 3 unspecified atom stereocenters. The SMILES string of the molecule is C.COC(=O)C(C)C(C)C(C)C.COC(=O)C(C)CC(C)C. The van der Waals surface area contributed by atoms with Gasteiger partial charge < -0.3 is 9.47 Å². The summed E-state index contributed by atoms with van der Waals surface area (Å²) in [7, 11) is 2.87. The van der Waals surface area contributed by atoms with Gasteiger partial charge in [0.1, 0.15) is 0 Å². The van der Waals surface area contributed by atoms with Crippen LogP contribution in [0.25, 0.3) is 0 Å². The highest BCUT2D eigenvalue weighted by atomic mass is 16.5. The molecule has 4 heteroatoms. The molecule has 3 atom stereocenters. The maximum Gasteiger partial charge on any atom is 0.308 e. The Morgan fingerprint density at radius 1 is 0.818 bits per heavy atom. The lowest BCUT2D eigenvalue weighted by Crippen LogP contribution is -2.23. The molecule has 0 aliphatic heterocycles. The highest BCUT2D eigenvalue weighted by Crippen LogP contribution is 2.20. The quantitative estimate of drug-likeness (QED) is 0.673. The van der Waals surface area contributed by atoms with Crippen molar-refractivity contribution in [2.45, 2.75) is 62.3 Å². The maximum absolute atomic E-state index is 11.0. The molecule has 0 saturated carbocycles. The Kier molecular flexibility index (Phi) is 16.0. The molecule has 0 spiro atoms. The number of hydrogen-bond acceptors (Lipinski definition) is 4. The van der Waals surface area contributed by atoms with Crippen molar-refractivity contribution in [1.82, 2.24) is 0 Å². The minimum atomic E-state index is -0.105. The molecular formula is C18H38O4. The second-order valence-electron chi connectivity index (χ2n) is 6.47. The molecule has 0 aliphatic carbocycles. The van der Waals surface area contributed by atoms with E-state index in [1.165, 1.54) is 14.2 Å². The highest BCUT2D eigenvalue weighted by molar-refractivity contribution is 5.72. The van der Waals surface area contributed by atoms with Gasteiger partial charge in [0.15, 0.2) is 0 Å². The number of carbonyl (C=O) groups is 2. The van der Waals surface area contributed by atoms with Gasteiger partial charge in [0.05, 0.1) is 26.1 Å². The van der Waals surface area contributed by atoms with Crippen LogP contribution in [0.4, 0.5) is 0 Å². The van der Waals surface area contributed by atoms with Gasteiger partial charge in [-0.15, -0.1) is 0 Å². The molecule has 0 aromatic heterocycles. The van der Waals surface area contributed by atoms with E-state index in [0.29, 0.717) is 17.8 Å². The van der Waals surface area contributed by atoms with Gasteiger partial charge in [-0.25, -0.2) is 0 Å². The van der Waals surface area contributed by atoms with E-state index < -0.39 is 0 Å². The molecule has 0 aromatic carbocycles. The van der Waals surface area contributed by atoms with Crippen LogP contribution in [0.5, 0.6) is 0 Å². The van der Waals surface area contributed by atoms with Crippen molar-refractivity contribution < 1.29 is 19.1 Å². The molecule has 0 N–H and O–H groups in total. The van der Waals surface area contributed by atoms with E-state index >= 15 is 0 Å². The molecule has 0 heterocycles. The fourth-order valence-electron chi connectivity index (χ4n) is 1.98. The highest BCUT2D eigenvalue weighted by Gasteiger charge is 2.22. The monoisotopic (exact) mass is 318 g/mol. The molecule has 0 bridgehead atoms. The second kappa shape index (κ2) is 13.6. The van der Waals surface area contributed by atoms with Crippen molar-refractivity contribution in [3.8, 4) is 0 Å². The summed E-state index contributed by atoms with van der Waals surface area (Å²) in [5.41, 5.74) is 0. The van der Waals surface area contributed by atoms with Crippen molar-refractivity contribution >= 4 is 11.9 Å². The van der Waals surface area contributed by atoms with Crippen LogP contribution in [0, 0.1) is 29.6 Å². The topological polar surface area (TPSA) is 52.6 Å². The van der Waals surface area contributed by atoms with E-state index in [-0.39, 0.29) is 31.2 Å². The first kappa shape index (κ1) is 25.9. The van der Waals surface area contributed by atoms with Crippen molar-refractivity contribution in [3.63, 3.8) is 0 Å². The third-order valence-corrected chi connectivity index (χ3v) is 3.84. The Morgan fingerprint density at radius 2 is 1.23 bits per heavy atom. The van der Waals surface area contributed by atoms with Crippen LogP contribution in [-0.2, 0) is 19.1 Å². The zero-order valence-electron chi connectivity index (χ0n) is 15.2. The number of methoxy groups -OCH3 is 2. The standard InChI is InChI=1S/C9H18O2.C8H16O2.CH4/c1-6(2)7(3)8(4)9(10)11-5;1-6(2)5-7(3)8(9)10-4;/h6-8H,1-5H3;6-7H,5H2,1-4H3;1H4. The van der Waals surface area contributed by atoms with E-state index in [4.69, 9.17) is 0 Å².